The number of aromatic nitrogens is 2. The smallest absolute Gasteiger partial charge is 0.309 e. The Morgan fingerprint density at radius 1 is 0.881 bits per heavy atom. The molecule has 5 aromatic rings. The predicted octanol–water partition coefficient (Wildman–Crippen LogP) is 7.21. The van der Waals surface area contributed by atoms with Crippen molar-refractivity contribution in [3.63, 3.8) is 0 Å². The molecule has 0 spiro atoms. The van der Waals surface area contributed by atoms with Gasteiger partial charge in [0.25, 0.3) is 5.91 Å². The zero-order valence-corrected chi connectivity index (χ0v) is 24.1. The van der Waals surface area contributed by atoms with Gasteiger partial charge in [0.1, 0.15) is 11.5 Å². The molecule has 0 aliphatic rings. The first-order valence-electron chi connectivity index (χ1n) is 13.5. The number of halogens is 1. The van der Waals surface area contributed by atoms with Gasteiger partial charge in [0.2, 0.25) is 5.88 Å². The lowest BCUT2D eigenvalue weighted by Crippen LogP contribution is -2.12. The Kier molecular flexibility index (Phi) is 7.88. The molecule has 1 amide bonds. The molecule has 0 fully saturated rings. The van der Waals surface area contributed by atoms with E-state index in [2.05, 4.69) is 5.32 Å². The fraction of sp³-hybridized carbons (Fsp3) is 0.147. The van der Waals surface area contributed by atoms with Crippen LogP contribution < -0.4 is 15.0 Å². The van der Waals surface area contributed by atoms with Crippen molar-refractivity contribution in [2.75, 3.05) is 24.3 Å². The van der Waals surface area contributed by atoms with Crippen LogP contribution in [0.1, 0.15) is 28.4 Å². The Hall–Kier alpha value is -5.24. The molecular formula is C34H31FN4O3. The summed E-state index contributed by atoms with van der Waals surface area (Å²) in [5.41, 5.74) is 7.50. The Labute approximate surface area is 244 Å². The zero-order chi connectivity index (χ0) is 30.0. The van der Waals surface area contributed by atoms with Crippen molar-refractivity contribution in [3.05, 3.63) is 114 Å². The number of hydrogen-bond acceptors (Lipinski definition) is 5. The van der Waals surface area contributed by atoms with Gasteiger partial charge in [-0.1, -0.05) is 42.5 Å². The molecule has 7 nitrogen and oxygen atoms in total. The van der Waals surface area contributed by atoms with Crippen LogP contribution >= 0.6 is 0 Å². The molecule has 0 aliphatic carbocycles. The predicted molar refractivity (Wildman–Crippen MR) is 164 cm³/mol. The lowest BCUT2D eigenvalue weighted by atomic mass is 10.0. The first kappa shape index (κ1) is 28.3. The molecule has 5 rings (SSSR count). The minimum atomic E-state index is -0.483. The summed E-state index contributed by atoms with van der Waals surface area (Å²) in [6, 6.07) is 26.6. The van der Waals surface area contributed by atoms with E-state index in [1.54, 1.807) is 22.9 Å². The highest BCUT2D eigenvalue weighted by Crippen LogP contribution is 2.42. The SMILES string of the molecule is CC(=O)Oc1c(-c2ccc(NC(=O)c3cccc(F)c3)cc2)c(-c2ccc(N(C)C)cc2)nn1-c1cccc(C)c1C. The number of anilines is 2. The third-order valence-electron chi connectivity index (χ3n) is 7.06. The van der Waals surface area contributed by atoms with Crippen LogP contribution in [0.3, 0.4) is 0 Å². The second kappa shape index (κ2) is 11.7. The molecule has 0 bridgehead atoms. The number of amides is 1. The summed E-state index contributed by atoms with van der Waals surface area (Å²) < 4.78 is 21.2. The number of rotatable bonds is 7. The van der Waals surface area contributed by atoms with Gasteiger partial charge in [-0.05, 0) is 79.1 Å². The maximum Gasteiger partial charge on any atom is 0.309 e. The molecule has 0 atom stereocenters. The summed E-state index contributed by atoms with van der Waals surface area (Å²) in [6.07, 6.45) is 0. The van der Waals surface area contributed by atoms with Gasteiger partial charge >= 0.3 is 5.97 Å². The van der Waals surface area contributed by atoms with Gasteiger partial charge in [-0.15, -0.1) is 0 Å². The van der Waals surface area contributed by atoms with E-state index in [9.17, 15) is 14.0 Å². The van der Waals surface area contributed by atoms with Crippen LogP contribution in [0.15, 0.2) is 91.0 Å². The molecule has 212 valence electrons. The normalized spacial score (nSPS) is 10.8. The molecule has 8 heteroatoms. The molecular weight excluding hydrogens is 531 g/mol. The summed E-state index contributed by atoms with van der Waals surface area (Å²) in [6.45, 7) is 5.39. The highest BCUT2D eigenvalue weighted by molar-refractivity contribution is 6.04. The largest absolute Gasteiger partial charge is 0.407 e. The standard InChI is InChI=1S/C34H31FN4O3/c1-21-8-6-11-30(22(21)2)39-34(42-23(3)40)31(32(37-39)25-14-18-29(19-15-25)38(4)5)24-12-16-28(17-13-24)36-33(41)26-9-7-10-27(35)20-26/h6-20H,1-5H3,(H,36,41). The van der Waals surface area contributed by atoms with Gasteiger partial charge in [0, 0.05) is 43.5 Å². The lowest BCUT2D eigenvalue weighted by molar-refractivity contribution is -0.132. The highest BCUT2D eigenvalue weighted by Gasteiger charge is 2.25. The monoisotopic (exact) mass is 562 g/mol. The van der Waals surface area contributed by atoms with Gasteiger partial charge < -0.3 is 15.0 Å². The van der Waals surface area contributed by atoms with Gasteiger partial charge in [-0.2, -0.15) is 9.78 Å². The average Bonchev–Trinajstić information content (AvgIpc) is 3.33. The van der Waals surface area contributed by atoms with Gasteiger partial charge in [0.05, 0.1) is 11.3 Å². The first-order valence-corrected chi connectivity index (χ1v) is 13.5. The molecule has 4 aromatic carbocycles. The van der Waals surface area contributed by atoms with Crippen LogP contribution in [0.4, 0.5) is 15.8 Å². The van der Waals surface area contributed by atoms with Crippen molar-refractivity contribution in [2.45, 2.75) is 20.8 Å². The second-order valence-electron chi connectivity index (χ2n) is 10.2. The van der Waals surface area contributed by atoms with Crippen LogP contribution in [0.2, 0.25) is 0 Å². The van der Waals surface area contributed by atoms with Crippen molar-refractivity contribution >= 4 is 23.3 Å². The van der Waals surface area contributed by atoms with Crippen molar-refractivity contribution in [1.29, 1.82) is 0 Å². The molecule has 0 saturated carbocycles. The zero-order valence-electron chi connectivity index (χ0n) is 24.1. The van der Waals surface area contributed by atoms with E-state index in [0.717, 1.165) is 33.6 Å². The Balaban J connectivity index is 1.64. The summed E-state index contributed by atoms with van der Waals surface area (Å²) in [5, 5.41) is 7.80. The lowest BCUT2D eigenvalue weighted by Gasteiger charge is -2.13. The third-order valence-corrected chi connectivity index (χ3v) is 7.06. The number of aryl methyl sites for hydroxylation is 1. The molecule has 1 heterocycles. The maximum absolute atomic E-state index is 13.6. The molecule has 42 heavy (non-hydrogen) atoms. The Bertz CT molecular complexity index is 1770. The Morgan fingerprint density at radius 2 is 1.55 bits per heavy atom. The van der Waals surface area contributed by atoms with Crippen LogP contribution in [-0.2, 0) is 4.79 Å². The summed E-state index contributed by atoms with van der Waals surface area (Å²) in [4.78, 5) is 27.1. The number of nitrogens with zero attached hydrogens (tertiary/aromatic N) is 3. The molecule has 1 aromatic heterocycles. The van der Waals surface area contributed by atoms with E-state index in [0.29, 0.717) is 22.8 Å². The van der Waals surface area contributed by atoms with Gasteiger partial charge in [-0.25, -0.2) is 4.39 Å². The van der Waals surface area contributed by atoms with Crippen molar-refractivity contribution < 1.29 is 18.7 Å². The van der Waals surface area contributed by atoms with Crippen molar-refractivity contribution in [1.82, 2.24) is 9.78 Å². The van der Waals surface area contributed by atoms with Crippen LogP contribution in [-0.4, -0.2) is 35.8 Å². The van der Waals surface area contributed by atoms with E-state index in [1.165, 1.54) is 25.1 Å². The molecule has 0 radical (unpaired) electrons. The summed E-state index contributed by atoms with van der Waals surface area (Å²) in [5.74, 6) is -1.09. The minimum absolute atomic E-state index is 0.217. The van der Waals surface area contributed by atoms with Gasteiger partial charge in [-0.3, -0.25) is 9.59 Å². The fourth-order valence-corrected chi connectivity index (χ4v) is 4.69. The number of hydrogen-bond donors (Lipinski definition) is 1. The number of ether oxygens (including phenoxy) is 1. The first-order chi connectivity index (χ1) is 20.1. The number of esters is 1. The molecule has 1 N–H and O–H groups in total. The second-order valence-corrected chi connectivity index (χ2v) is 10.2. The average molecular weight is 563 g/mol. The van der Waals surface area contributed by atoms with Crippen molar-refractivity contribution in [2.24, 2.45) is 0 Å². The number of nitrogens with one attached hydrogen (secondary N) is 1. The number of benzene rings is 4. The van der Waals surface area contributed by atoms with E-state index >= 15 is 0 Å². The number of carbonyl (C=O) groups is 2. The van der Waals surface area contributed by atoms with E-state index in [1.807, 2.05) is 87.4 Å². The minimum Gasteiger partial charge on any atom is -0.407 e. The fourth-order valence-electron chi connectivity index (χ4n) is 4.69. The van der Waals surface area contributed by atoms with E-state index in [-0.39, 0.29) is 5.56 Å². The topological polar surface area (TPSA) is 76.5 Å². The highest BCUT2D eigenvalue weighted by atomic mass is 19.1. The van der Waals surface area contributed by atoms with Gasteiger partial charge in [0.15, 0.2) is 0 Å². The van der Waals surface area contributed by atoms with Crippen molar-refractivity contribution in [3.8, 4) is 34.0 Å². The number of carbonyl (C=O) groups excluding carboxylic acids is 2. The van der Waals surface area contributed by atoms with Crippen LogP contribution in [0.5, 0.6) is 5.88 Å². The maximum atomic E-state index is 13.6. The van der Waals surface area contributed by atoms with Crippen LogP contribution in [0, 0.1) is 19.7 Å². The van der Waals surface area contributed by atoms with Crippen LogP contribution in [0.25, 0.3) is 28.1 Å². The molecule has 0 saturated heterocycles. The molecule has 0 aliphatic heterocycles. The quantitative estimate of drug-likeness (QED) is 0.212. The Morgan fingerprint density at radius 3 is 2.19 bits per heavy atom. The third kappa shape index (κ3) is 5.78. The van der Waals surface area contributed by atoms with E-state index in [4.69, 9.17) is 9.84 Å². The summed E-state index contributed by atoms with van der Waals surface area (Å²) >= 11 is 0. The van der Waals surface area contributed by atoms with E-state index < -0.39 is 17.7 Å². The summed E-state index contributed by atoms with van der Waals surface area (Å²) in [7, 11) is 3.95. The molecule has 0 unspecified atom stereocenters.